The number of nitrogens with zero attached hydrogens (tertiary/aromatic N) is 1. The second-order valence-electron chi connectivity index (χ2n) is 8.36. The van der Waals surface area contributed by atoms with Gasteiger partial charge >= 0.3 is 0 Å². The van der Waals surface area contributed by atoms with Crippen LogP contribution in [0.4, 0.5) is 5.69 Å². The minimum absolute atomic E-state index is 0.0464. The first-order valence-electron chi connectivity index (χ1n) is 10.9. The lowest BCUT2D eigenvalue weighted by Gasteiger charge is -2.25. The molecule has 166 valence electrons. The zero-order valence-corrected chi connectivity index (χ0v) is 19.2. The Labute approximate surface area is 190 Å². The normalized spacial score (nSPS) is 16.2. The SMILES string of the molecule is Cc1cccc(NS(=O)(=O)c2ccc(C(=O)N3CCCC3Cc3ccccc3)cc2)c1C. The number of anilines is 1. The van der Waals surface area contributed by atoms with Gasteiger partial charge in [0.2, 0.25) is 0 Å². The first-order chi connectivity index (χ1) is 15.3. The average molecular weight is 449 g/mol. The van der Waals surface area contributed by atoms with Crippen LogP contribution >= 0.6 is 0 Å². The van der Waals surface area contributed by atoms with Crippen LogP contribution in [-0.2, 0) is 16.4 Å². The molecule has 1 amide bonds. The number of aryl methyl sites for hydroxylation is 1. The lowest BCUT2D eigenvalue weighted by atomic mass is 10.0. The standard InChI is InChI=1S/C26H28N2O3S/c1-19-8-6-12-25(20(19)2)27-32(30,31)24-15-13-22(14-16-24)26(29)28-17-7-11-23(28)18-21-9-4-3-5-10-21/h3-6,8-10,12-16,23,27H,7,11,17-18H2,1-2H3. The van der Waals surface area contributed by atoms with Crippen LogP contribution in [0.5, 0.6) is 0 Å². The van der Waals surface area contributed by atoms with E-state index in [0.29, 0.717) is 11.3 Å². The monoisotopic (exact) mass is 448 g/mol. The Morgan fingerprint density at radius 1 is 0.969 bits per heavy atom. The molecule has 0 aliphatic carbocycles. The van der Waals surface area contributed by atoms with Crippen molar-refractivity contribution in [2.75, 3.05) is 11.3 Å². The van der Waals surface area contributed by atoms with E-state index in [1.807, 2.05) is 49.1 Å². The number of hydrogen-bond donors (Lipinski definition) is 1. The molecule has 3 aromatic rings. The van der Waals surface area contributed by atoms with Gasteiger partial charge in [0.1, 0.15) is 0 Å². The Morgan fingerprint density at radius 2 is 1.69 bits per heavy atom. The molecule has 0 spiro atoms. The number of likely N-dealkylation sites (tertiary alicyclic amines) is 1. The van der Waals surface area contributed by atoms with E-state index in [4.69, 9.17) is 0 Å². The molecule has 3 aromatic carbocycles. The quantitative estimate of drug-likeness (QED) is 0.580. The Bertz CT molecular complexity index is 1210. The summed E-state index contributed by atoms with van der Waals surface area (Å²) in [6.07, 6.45) is 2.79. The first kappa shape index (κ1) is 22.1. The maximum atomic E-state index is 13.1. The summed E-state index contributed by atoms with van der Waals surface area (Å²) in [6.45, 7) is 4.55. The van der Waals surface area contributed by atoms with Gasteiger partial charge in [0, 0.05) is 18.2 Å². The highest BCUT2D eigenvalue weighted by Gasteiger charge is 2.29. The minimum Gasteiger partial charge on any atom is -0.335 e. The Hall–Kier alpha value is -3.12. The van der Waals surface area contributed by atoms with E-state index in [0.717, 1.165) is 36.9 Å². The van der Waals surface area contributed by atoms with Gasteiger partial charge in [-0.15, -0.1) is 0 Å². The molecule has 1 unspecified atom stereocenters. The van der Waals surface area contributed by atoms with Crippen molar-refractivity contribution in [3.8, 4) is 0 Å². The van der Waals surface area contributed by atoms with Crippen LogP contribution in [0.3, 0.4) is 0 Å². The summed E-state index contributed by atoms with van der Waals surface area (Å²) in [5, 5.41) is 0. The topological polar surface area (TPSA) is 66.5 Å². The smallest absolute Gasteiger partial charge is 0.261 e. The number of benzene rings is 3. The molecule has 0 aromatic heterocycles. The molecule has 6 heteroatoms. The summed E-state index contributed by atoms with van der Waals surface area (Å²) < 4.78 is 28.4. The van der Waals surface area contributed by atoms with Gasteiger partial charge in [-0.3, -0.25) is 9.52 Å². The van der Waals surface area contributed by atoms with Crippen molar-refractivity contribution < 1.29 is 13.2 Å². The van der Waals surface area contributed by atoms with Gasteiger partial charge < -0.3 is 4.90 Å². The molecular weight excluding hydrogens is 420 g/mol. The third-order valence-corrected chi connectivity index (χ3v) is 7.59. The minimum atomic E-state index is -3.74. The van der Waals surface area contributed by atoms with Crippen molar-refractivity contribution in [3.05, 3.63) is 95.1 Å². The predicted octanol–water partition coefficient (Wildman–Crippen LogP) is 4.95. The van der Waals surface area contributed by atoms with E-state index in [1.165, 1.54) is 17.7 Å². The maximum absolute atomic E-state index is 13.1. The van der Waals surface area contributed by atoms with E-state index in [9.17, 15) is 13.2 Å². The number of amides is 1. The number of sulfonamides is 1. The molecule has 0 saturated carbocycles. The zero-order chi connectivity index (χ0) is 22.7. The van der Waals surface area contributed by atoms with E-state index in [2.05, 4.69) is 16.9 Å². The zero-order valence-electron chi connectivity index (χ0n) is 18.4. The number of hydrogen-bond acceptors (Lipinski definition) is 3. The predicted molar refractivity (Wildman–Crippen MR) is 127 cm³/mol. The summed E-state index contributed by atoms with van der Waals surface area (Å²) in [5.74, 6) is -0.0464. The molecule has 0 radical (unpaired) electrons. The van der Waals surface area contributed by atoms with Gasteiger partial charge in [-0.2, -0.15) is 0 Å². The summed E-state index contributed by atoms with van der Waals surface area (Å²) in [5.41, 5.74) is 4.20. The highest BCUT2D eigenvalue weighted by atomic mass is 32.2. The molecule has 5 nitrogen and oxygen atoms in total. The third-order valence-electron chi connectivity index (χ3n) is 6.21. The van der Waals surface area contributed by atoms with Crippen molar-refractivity contribution in [1.82, 2.24) is 4.90 Å². The van der Waals surface area contributed by atoms with Gasteiger partial charge in [0.05, 0.1) is 10.6 Å². The summed E-state index contributed by atoms with van der Waals surface area (Å²) in [4.78, 5) is 15.2. The Kier molecular flexibility index (Phi) is 6.33. The maximum Gasteiger partial charge on any atom is 0.261 e. The van der Waals surface area contributed by atoms with Crippen LogP contribution in [0.25, 0.3) is 0 Å². The van der Waals surface area contributed by atoms with Crippen LogP contribution in [0.2, 0.25) is 0 Å². The van der Waals surface area contributed by atoms with E-state index < -0.39 is 10.0 Å². The first-order valence-corrected chi connectivity index (χ1v) is 12.4. The van der Waals surface area contributed by atoms with Crippen LogP contribution in [-0.4, -0.2) is 31.8 Å². The van der Waals surface area contributed by atoms with Crippen LogP contribution in [0, 0.1) is 13.8 Å². The van der Waals surface area contributed by atoms with Gasteiger partial charge in [0.25, 0.3) is 15.9 Å². The van der Waals surface area contributed by atoms with Crippen molar-refractivity contribution in [2.24, 2.45) is 0 Å². The fourth-order valence-corrected chi connectivity index (χ4v) is 5.33. The molecule has 1 aliphatic rings. The third kappa shape index (κ3) is 4.70. The average Bonchev–Trinajstić information content (AvgIpc) is 3.25. The number of carbonyl (C=O) groups is 1. The van der Waals surface area contributed by atoms with Crippen molar-refractivity contribution >= 4 is 21.6 Å². The highest BCUT2D eigenvalue weighted by Crippen LogP contribution is 2.25. The van der Waals surface area contributed by atoms with Crippen LogP contribution < -0.4 is 4.72 Å². The van der Waals surface area contributed by atoms with Crippen molar-refractivity contribution in [1.29, 1.82) is 0 Å². The second kappa shape index (κ2) is 9.17. The van der Waals surface area contributed by atoms with Crippen LogP contribution in [0.1, 0.15) is 39.9 Å². The molecule has 1 aliphatic heterocycles. The Balaban J connectivity index is 1.49. The van der Waals surface area contributed by atoms with Gasteiger partial charge in [-0.1, -0.05) is 42.5 Å². The molecule has 1 heterocycles. The molecule has 32 heavy (non-hydrogen) atoms. The Morgan fingerprint density at radius 3 is 2.41 bits per heavy atom. The fourth-order valence-electron chi connectivity index (χ4n) is 4.21. The number of nitrogens with one attached hydrogen (secondary N) is 1. The molecule has 1 saturated heterocycles. The summed E-state index contributed by atoms with van der Waals surface area (Å²) >= 11 is 0. The van der Waals surface area contributed by atoms with Gasteiger partial charge in [0.15, 0.2) is 0 Å². The largest absolute Gasteiger partial charge is 0.335 e. The van der Waals surface area contributed by atoms with Crippen LogP contribution in [0.15, 0.2) is 77.7 Å². The fraction of sp³-hybridized carbons (Fsp3) is 0.269. The lowest BCUT2D eigenvalue weighted by molar-refractivity contribution is 0.0736. The van der Waals surface area contributed by atoms with E-state index in [-0.39, 0.29) is 16.8 Å². The molecule has 0 bridgehead atoms. The molecule has 1 fully saturated rings. The van der Waals surface area contributed by atoms with E-state index in [1.54, 1.807) is 18.2 Å². The number of carbonyl (C=O) groups excluding carboxylic acids is 1. The molecule has 1 atom stereocenters. The lowest BCUT2D eigenvalue weighted by Crippen LogP contribution is -2.36. The highest BCUT2D eigenvalue weighted by molar-refractivity contribution is 7.92. The van der Waals surface area contributed by atoms with Crippen molar-refractivity contribution in [3.63, 3.8) is 0 Å². The summed E-state index contributed by atoms with van der Waals surface area (Å²) in [7, 11) is -3.74. The molecular formula is C26H28N2O3S. The van der Waals surface area contributed by atoms with Gasteiger partial charge in [-0.25, -0.2) is 8.42 Å². The van der Waals surface area contributed by atoms with Crippen molar-refractivity contribution in [2.45, 2.75) is 44.0 Å². The van der Waals surface area contributed by atoms with Gasteiger partial charge in [-0.05, 0) is 80.1 Å². The summed E-state index contributed by atoms with van der Waals surface area (Å²) in [6, 6.07) is 22.1. The number of rotatable bonds is 6. The van der Waals surface area contributed by atoms with E-state index >= 15 is 0 Å². The molecule has 1 N–H and O–H groups in total. The second-order valence-corrected chi connectivity index (χ2v) is 10.0. The molecule has 4 rings (SSSR count).